The van der Waals surface area contributed by atoms with Crippen LogP contribution in [0.4, 0.5) is 5.69 Å². The van der Waals surface area contributed by atoms with Crippen molar-refractivity contribution in [3.8, 4) is 5.69 Å². The number of carbonyl (C=O) groups excluding carboxylic acids is 1. The molecule has 0 spiro atoms. The van der Waals surface area contributed by atoms with E-state index in [1.807, 2.05) is 31.2 Å². The topological polar surface area (TPSA) is 110 Å². The summed E-state index contributed by atoms with van der Waals surface area (Å²) in [5.41, 5.74) is 2.36. The maximum atomic E-state index is 12.3. The zero-order valence-electron chi connectivity index (χ0n) is 16.1. The molecule has 9 nitrogen and oxygen atoms in total. The van der Waals surface area contributed by atoms with E-state index < -0.39 is 10.0 Å². The number of nitrogens with one attached hydrogen (secondary N) is 1. The summed E-state index contributed by atoms with van der Waals surface area (Å²) in [7, 11) is -0.575. The molecule has 0 fully saturated rings. The molecular formula is C18H20N6O3S2. The van der Waals surface area contributed by atoms with Gasteiger partial charge in [0.25, 0.3) is 0 Å². The number of aryl methyl sites for hydroxylation is 1. The van der Waals surface area contributed by atoms with Crippen LogP contribution < -0.4 is 5.32 Å². The van der Waals surface area contributed by atoms with Crippen LogP contribution in [0.1, 0.15) is 5.56 Å². The van der Waals surface area contributed by atoms with Crippen LogP contribution in [0.2, 0.25) is 0 Å². The minimum absolute atomic E-state index is 0.101. The number of hydrogen-bond donors (Lipinski definition) is 1. The first-order chi connectivity index (χ1) is 13.8. The number of aromatic nitrogens is 4. The Balaban J connectivity index is 1.63. The smallest absolute Gasteiger partial charge is 0.242 e. The number of tetrazole rings is 1. The number of para-hydroxylation sites is 1. The summed E-state index contributed by atoms with van der Waals surface area (Å²) >= 11 is 1.21. The first kappa shape index (κ1) is 21.0. The molecule has 1 amide bonds. The van der Waals surface area contributed by atoms with E-state index in [1.54, 1.807) is 16.8 Å². The summed E-state index contributed by atoms with van der Waals surface area (Å²) in [5, 5.41) is 14.9. The number of sulfonamides is 1. The molecule has 152 valence electrons. The van der Waals surface area contributed by atoms with Gasteiger partial charge in [0.05, 0.1) is 16.3 Å². The number of carbonyl (C=O) groups is 1. The van der Waals surface area contributed by atoms with Crippen LogP contribution in [0.25, 0.3) is 5.69 Å². The number of nitrogens with zero attached hydrogens (tertiary/aromatic N) is 5. The molecule has 1 heterocycles. The van der Waals surface area contributed by atoms with Gasteiger partial charge in [-0.1, -0.05) is 30.0 Å². The predicted molar refractivity (Wildman–Crippen MR) is 111 cm³/mol. The lowest BCUT2D eigenvalue weighted by molar-refractivity contribution is -0.113. The van der Waals surface area contributed by atoms with Crippen LogP contribution >= 0.6 is 11.8 Å². The van der Waals surface area contributed by atoms with Crippen molar-refractivity contribution in [3.63, 3.8) is 0 Å². The molecule has 2 aromatic carbocycles. The van der Waals surface area contributed by atoms with Gasteiger partial charge in [0.15, 0.2) is 0 Å². The molecule has 0 atom stereocenters. The van der Waals surface area contributed by atoms with E-state index in [-0.39, 0.29) is 16.6 Å². The number of amides is 1. The molecule has 1 N–H and O–H groups in total. The highest BCUT2D eigenvalue weighted by atomic mass is 32.2. The van der Waals surface area contributed by atoms with E-state index in [1.165, 1.54) is 38.0 Å². The van der Waals surface area contributed by atoms with Crippen molar-refractivity contribution < 1.29 is 13.2 Å². The third-order valence-corrected chi connectivity index (χ3v) is 6.78. The number of benzene rings is 2. The maximum Gasteiger partial charge on any atom is 0.242 e. The fourth-order valence-electron chi connectivity index (χ4n) is 2.47. The van der Waals surface area contributed by atoms with Gasteiger partial charge in [0.2, 0.25) is 21.1 Å². The second-order valence-corrected chi connectivity index (χ2v) is 9.40. The molecule has 3 rings (SSSR count). The molecule has 0 radical (unpaired) electrons. The standard InChI is InChI=1S/C18H20N6O3S2/c1-13-6-4-5-7-16(13)24-18(20-21-22-24)28-12-17(25)19-14-8-10-15(11-9-14)29(26,27)23(2)3/h4-11H,12H2,1-3H3,(H,19,25). The highest BCUT2D eigenvalue weighted by molar-refractivity contribution is 7.99. The van der Waals surface area contributed by atoms with Crippen LogP contribution in [-0.4, -0.2) is 58.7 Å². The van der Waals surface area contributed by atoms with E-state index in [2.05, 4.69) is 20.8 Å². The summed E-state index contributed by atoms with van der Waals surface area (Å²) in [6.45, 7) is 1.96. The van der Waals surface area contributed by atoms with Crippen molar-refractivity contribution in [1.82, 2.24) is 24.5 Å². The van der Waals surface area contributed by atoms with Crippen molar-refractivity contribution in [2.45, 2.75) is 17.0 Å². The predicted octanol–water partition coefficient (Wildman–Crippen LogP) is 1.95. The Morgan fingerprint density at radius 3 is 2.48 bits per heavy atom. The summed E-state index contributed by atoms with van der Waals surface area (Å²) < 4.78 is 26.9. The van der Waals surface area contributed by atoms with E-state index in [9.17, 15) is 13.2 Å². The fourth-order valence-corrected chi connectivity index (χ4v) is 4.05. The Morgan fingerprint density at radius 2 is 1.83 bits per heavy atom. The van der Waals surface area contributed by atoms with Gasteiger partial charge in [-0.25, -0.2) is 12.7 Å². The van der Waals surface area contributed by atoms with Gasteiger partial charge >= 0.3 is 0 Å². The van der Waals surface area contributed by atoms with E-state index in [0.29, 0.717) is 10.8 Å². The van der Waals surface area contributed by atoms with Crippen molar-refractivity contribution in [3.05, 3.63) is 54.1 Å². The number of rotatable bonds is 7. The molecule has 29 heavy (non-hydrogen) atoms. The van der Waals surface area contributed by atoms with Crippen LogP contribution in [0.3, 0.4) is 0 Å². The average molecular weight is 433 g/mol. The zero-order valence-corrected chi connectivity index (χ0v) is 17.7. The van der Waals surface area contributed by atoms with Crippen LogP contribution in [0.15, 0.2) is 58.6 Å². The summed E-state index contributed by atoms with van der Waals surface area (Å²) in [6, 6.07) is 13.7. The van der Waals surface area contributed by atoms with Gasteiger partial charge in [-0.05, 0) is 53.2 Å². The molecular weight excluding hydrogens is 412 g/mol. The molecule has 0 aliphatic rings. The number of hydrogen-bond acceptors (Lipinski definition) is 7. The van der Waals surface area contributed by atoms with Gasteiger partial charge in [0.1, 0.15) is 0 Å². The summed E-state index contributed by atoms with van der Waals surface area (Å²) in [6.07, 6.45) is 0. The molecule has 0 saturated carbocycles. The highest BCUT2D eigenvalue weighted by Gasteiger charge is 2.17. The largest absolute Gasteiger partial charge is 0.325 e. The molecule has 1 aromatic heterocycles. The van der Waals surface area contributed by atoms with Gasteiger partial charge in [-0.2, -0.15) is 4.68 Å². The summed E-state index contributed by atoms with van der Waals surface area (Å²) in [4.78, 5) is 12.4. The maximum absolute atomic E-state index is 12.3. The van der Waals surface area contributed by atoms with Crippen molar-refractivity contribution in [2.75, 3.05) is 25.2 Å². The van der Waals surface area contributed by atoms with Gasteiger partial charge in [-0.15, -0.1) is 5.10 Å². The molecule has 0 saturated heterocycles. The molecule has 11 heteroatoms. The fraction of sp³-hybridized carbons (Fsp3) is 0.222. The Bertz CT molecular complexity index is 1110. The Kier molecular flexibility index (Phi) is 6.30. The average Bonchev–Trinajstić information content (AvgIpc) is 3.15. The monoisotopic (exact) mass is 432 g/mol. The van der Waals surface area contributed by atoms with Crippen molar-refractivity contribution in [2.24, 2.45) is 0 Å². The zero-order chi connectivity index (χ0) is 21.0. The third kappa shape index (κ3) is 4.81. The first-order valence-corrected chi connectivity index (χ1v) is 11.0. The highest BCUT2D eigenvalue weighted by Crippen LogP contribution is 2.21. The minimum Gasteiger partial charge on any atom is -0.325 e. The van der Waals surface area contributed by atoms with Crippen LogP contribution in [-0.2, 0) is 14.8 Å². The van der Waals surface area contributed by atoms with Crippen molar-refractivity contribution in [1.29, 1.82) is 0 Å². The minimum atomic E-state index is -3.51. The van der Waals surface area contributed by atoms with Crippen LogP contribution in [0, 0.1) is 6.92 Å². The lowest BCUT2D eigenvalue weighted by Crippen LogP contribution is -2.22. The van der Waals surface area contributed by atoms with Gasteiger partial charge < -0.3 is 5.32 Å². The quantitative estimate of drug-likeness (QED) is 0.568. The van der Waals surface area contributed by atoms with E-state index in [4.69, 9.17) is 0 Å². The van der Waals surface area contributed by atoms with Gasteiger partial charge in [0, 0.05) is 19.8 Å². The lowest BCUT2D eigenvalue weighted by atomic mass is 10.2. The SMILES string of the molecule is Cc1ccccc1-n1nnnc1SCC(=O)Nc1ccc(S(=O)(=O)N(C)C)cc1. The normalized spacial score (nSPS) is 11.6. The second-order valence-electron chi connectivity index (χ2n) is 6.31. The molecule has 0 bridgehead atoms. The first-order valence-electron chi connectivity index (χ1n) is 8.58. The molecule has 0 aliphatic carbocycles. The van der Waals surface area contributed by atoms with Crippen molar-refractivity contribution >= 4 is 33.4 Å². The third-order valence-electron chi connectivity index (χ3n) is 4.03. The molecule has 0 unspecified atom stereocenters. The second kappa shape index (κ2) is 8.72. The Hall–Kier alpha value is -2.76. The van der Waals surface area contributed by atoms with E-state index >= 15 is 0 Å². The van der Waals surface area contributed by atoms with E-state index in [0.717, 1.165) is 15.6 Å². The Morgan fingerprint density at radius 1 is 1.14 bits per heavy atom. The Labute approximate surface area is 173 Å². The number of anilines is 1. The molecule has 3 aromatic rings. The van der Waals surface area contributed by atoms with Crippen LogP contribution in [0.5, 0.6) is 0 Å². The number of thioether (sulfide) groups is 1. The summed E-state index contributed by atoms with van der Waals surface area (Å²) in [5.74, 6) is -0.151. The van der Waals surface area contributed by atoms with Gasteiger partial charge in [-0.3, -0.25) is 4.79 Å². The lowest BCUT2D eigenvalue weighted by Gasteiger charge is -2.12. The molecule has 0 aliphatic heterocycles.